The van der Waals surface area contributed by atoms with Crippen LogP contribution in [0.5, 0.6) is 0 Å². The normalized spacial score (nSPS) is 18.6. The largest absolute Gasteiger partial charge is 0.383 e. The summed E-state index contributed by atoms with van der Waals surface area (Å²) in [6.45, 7) is 5.39. The van der Waals surface area contributed by atoms with Crippen molar-refractivity contribution in [1.82, 2.24) is 4.90 Å². The molecule has 4 nitrogen and oxygen atoms in total. The quantitative estimate of drug-likeness (QED) is 0.841. The maximum Gasteiger partial charge on any atom is 0.231 e. The molecule has 0 radical (unpaired) electrons. The second kappa shape index (κ2) is 5.40. The third-order valence-corrected chi connectivity index (χ3v) is 3.47. The molecule has 0 spiro atoms. The molecule has 1 aromatic rings. The molecule has 0 saturated heterocycles. The third-order valence-electron chi connectivity index (χ3n) is 3.47. The molecule has 1 aliphatic rings. The lowest BCUT2D eigenvalue weighted by molar-refractivity contribution is -0.120. The highest BCUT2D eigenvalue weighted by Gasteiger charge is 2.26. The van der Waals surface area contributed by atoms with Gasteiger partial charge in [-0.25, -0.2) is 0 Å². The fourth-order valence-corrected chi connectivity index (χ4v) is 2.57. The zero-order valence-electron chi connectivity index (χ0n) is 11.0. The smallest absolute Gasteiger partial charge is 0.231 e. The molecule has 1 atom stereocenters. The molecule has 3 N–H and O–H groups in total. The van der Waals surface area contributed by atoms with Crippen molar-refractivity contribution in [2.75, 3.05) is 18.4 Å². The number of primary amides is 1. The molecule has 0 bridgehead atoms. The summed E-state index contributed by atoms with van der Waals surface area (Å²) in [5.74, 6) is -0.262. The maximum absolute atomic E-state index is 11.2. The van der Waals surface area contributed by atoms with Crippen LogP contribution in [0, 0.1) is 0 Å². The standard InChI is InChI=1S/C14H21N3O/c1-10(2)17(9-14(15)18)12-7-11-5-3-4-6-13(11)16-8-12/h3-6,10,12,16H,7-9H2,1-2H3,(H2,15,18). The minimum absolute atomic E-state index is 0.262. The van der Waals surface area contributed by atoms with Gasteiger partial charge < -0.3 is 11.1 Å². The number of hydrogen-bond donors (Lipinski definition) is 2. The molecule has 1 unspecified atom stereocenters. The average Bonchev–Trinajstić information content (AvgIpc) is 2.35. The lowest BCUT2D eigenvalue weighted by Gasteiger charge is -2.37. The van der Waals surface area contributed by atoms with E-state index in [0.29, 0.717) is 18.6 Å². The van der Waals surface area contributed by atoms with Crippen LogP contribution in [0.3, 0.4) is 0 Å². The van der Waals surface area contributed by atoms with Crippen LogP contribution in [0.25, 0.3) is 0 Å². The maximum atomic E-state index is 11.2. The number of fused-ring (bicyclic) bond motifs is 1. The Balaban J connectivity index is 2.12. The van der Waals surface area contributed by atoms with Gasteiger partial charge in [0.1, 0.15) is 0 Å². The monoisotopic (exact) mass is 247 g/mol. The van der Waals surface area contributed by atoms with Crippen molar-refractivity contribution in [2.24, 2.45) is 5.73 Å². The van der Waals surface area contributed by atoms with Gasteiger partial charge in [-0.15, -0.1) is 0 Å². The Hall–Kier alpha value is -1.55. The summed E-state index contributed by atoms with van der Waals surface area (Å²) in [6, 6.07) is 8.96. The summed E-state index contributed by atoms with van der Waals surface area (Å²) >= 11 is 0. The van der Waals surface area contributed by atoms with Gasteiger partial charge in [-0.05, 0) is 31.9 Å². The molecule has 0 fully saturated rings. The Morgan fingerprint density at radius 2 is 2.22 bits per heavy atom. The number of anilines is 1. The van der Waals surface area contributed by atoms with E-state index in [1.807, 2.05) is 6.07 Å². The molecule has 0 aromatic heterocycles. The molecule has 2 rings (SSSR count). The summed E-state index contributed by atoms with van der Waals surface area (Å²) in [6.07, 6.45) is 0.967. The van der Waals surface area contributed by atoms with E-state index in [9.17, 15) is 4.79 Å². The number of nitrogens with one attached hydrogen (secondary N) is 1. The first-order chi connectivity index (χ1) is 8.58. The van der Waals surface area contributed by atoms with Crippen molar-refractivity contribution in [1.29, 1.82) is 0 Å². The molecular formula is C14H21N3O. The van der Waals surface area contributed by atoms with Crippen LogP contribution in [0.4, 0.5) is 5.69 Å². The number of benzene rings is 1. The fraction of sp³-hybridized carbons (Fsp3) is 0.500. The van der Waals surface area contributed by atoms with Gasteiger partial charge in [0, 0.05) is 24.3 Å². The topological polar surface area (TPSA) is 58.4 Å². The Labute approximate surface area is 108 Å². The minimum atomic E-state index is -0.262. The number of amides is 1. The summed E-state index contributed by atoms with van der Waals surface area (Å²) in [4.78, 5) is 13.3. The van der Waals surface area contributed by atoms with Crippen LogP contribution >= 0.6 is 0 Å². The van der Waals surface area contributed by atoms with Gasteiger partial charge in [0.2, 0.25) is 5.91 Å². The zero-order valence-corrected chi connectivity index (χ0v) is 11.0. The Kier molecular flexibility index (Phi) is 3.87. The summed E-state index contributed by atoms with van der Waals surface area (Å²) < 4.78 is 0. The van der Waals surface area contributed by atoms with Crippen LogP contribution in [0.2, 0.25) is 0 Å². The van der Waals surface area contributed by atoms with E-state index >= 15 is 0 Å². The van der Waals surface area contributed by atoms with Crippen molar-refractivity contribution < 1.29 is 4.79 Å². The second-order valence-electron chi connectivity index (χ2n) is 5.13. The van der Waals surface area contributed by atoms with Gasteiger partial charge in [-0.2, -0.15) is 0 Å². The zero-order chi connectivity index (χ0) is 13.1. The van der Waals surface area contributed by atoms with E-state index in [4.69, 9.17) is 5.73 Å². The van der Waals surface area contributed by atoms with Crippen molar-refractivity contribution in [3.05, 3.63) is 29.8 Å². The van der Waals surface area contributed by atoms with Crippen LogP contribution < -0.4 is 11.1 Å². The average molecular weight is 247 g/mol. The van der Waals surface area contributed by atoms with Crippen molar-refractivity contribution >= 4 is 11.6 Å². The molecule has 1 aromatic carbocycles. The first-order valence-electron chi connectivity index (χ1n) is 6.43. The third kappa shape index (κ3) is 2.82. The molecule has 1 amide bonds. The van der Waals surface area contributed by atoms with E-state index in [1.54, 1.807) is 0 Å². The fourth-order valence-electron chi connectivity index (χ4n) is 2.57. The van der Waals surface area contributed by atoms with Crippen LogP contribution in [-0.2, 0) is 11.2 Å². The van der Waals surface area contributed by atoms with Crippen LogP contribution in [0.1, 0.15) is 19.4 Å². The predicted molar refractivity (Wildman–Crippen MR) is 73.5 cm³/mol. The highest BCUT2D eigenvalue weighted by Crippen LogP contribution is 2.24. The predicted octanol–water partition coefficient (Wildman–Crippen LogP) is 1.22. The van der Waals surface area contributed by atoms with E-state index in [1.165, 1.54) is 11.3 Å². The molecule has 18 heavy (non-hydrogen) atoms. The SMILES string of the molecule is CC(C)N(CC(N)=O)C1CNc2ccccc2C1. The number of carbonyl (C=O) groups excluding carboxylic acids is 1. The Bertz CT molecular complexity index is 431. The number of para-hydroxylation sites is 1. The molecular weight excluding hydrogens is 226 g/mol. The van der Waals surface area contributed by atoms with Crippen molar-refractivity contribution in [3.63, 3.8) is 0 Å². The van der Waals surface area contributed by atoms with Crippen LogP contribution in [0.15, 0.2) is 24.3 Å². The molecule has 98 valence electrons. The number of hydrogen-bond acceptors (Lipinski definition) is 3. The van der Waals surface area contributed by atoms with E-state index in [-0.39, 0.29) is 5.91 Å². The molecule has 1 aliphatic heterocycles. The number of nitrogens with two attached hydrogens (primary N) is 1. The molecule has 1 heterocycles. The first-order valence-corrected chi connectivity index (χ1v) is 6.43. The lowest BCUT2D eigenvalue weighted by atomic mass is 9.97. The minimum Gasteiger partial charge on any atom is -0.383 e. The highest BCUT2D eigenvalue weighted by molar-refractivity contribution is 5.76. The highest BCUT2D eigenvalue weighted by atomic mass is 16.1. The van der Waals surface area contributed by atoms with Crippen molar-refractivity contribution in [3.8, 4) is 0 Å². The molecule has 0 aliphatic carbocycles. The second-order valence-corrected chi connectivity index (χ2v) is 5.13. The summed E-state index contributed by atoms with van der Waals surface area (Å²) in [7, 11) is 0. The molecule has 0 saturated carbocycles. The van der Waals surface area contributed by atoms with E-state index in [2.05, 4.69) is 42.3 Å². The Morgan fingerprint density at radius 1 is 1.50 bits per heavy atom. The number of nitrogens with zero attached hydrogens (tertiary/aromatic N) is 1. The summed E-state index contributed by atoms with van der Waals surface area (Å²) in [5.41, 5.74) is 7.85. The van der Waals surface area contributed by atoms with Gasteiger partial charge in [0.25, 0.3) is 0 Å². The van der Waals surface area contributed by atoms with Gasteiger partial charge in [-0.3, -0.25) is 9.69 Å². The number of carbonyl (C=O) groups is 1. The van der Waals surface area contributed by atoms with Crippen LogP contribution in [-0.4, -0.2) is 36.0 Å². The van der Waals surface area contributed by atoms with Crippen molar-refractivity contribution in [2.45, 2.75) is 32.4 Å². The number of rotatable bonds is 4. The van der Waals surface area contributed by atoms with Gasteiger partial charge in [-0.1, -0.05) is 18.2 Å². The summed E-state index contributed by atoms with van der Waals surface area (Å²) in [5, 5.41) is 3.43. The molecule has 4 heteroatoms. The van der Waals surface area contributed by atoms with E-state index in [0.717, 1.165) is 13.0 Å². The van der Waals surface area contributed by atoms with E-state index < -0.39 is 0 Å². The Morgan fingerprint density at radius 3 is 2.89 bits per heavy atom. The lowest BCUT2D eigenvalue weighted by Crippen LogP contribution is -2.50. The van der Waals surface area contributed by atoms with Gasteiger partial charge in [0.05, 0.1) is 6.54 Å². The van der Waals surface area contributed by atoms with Gasteiger partial charge >= 0.3 is 0 Å². The first kappa shape index (κ1) is 12.9. The van der Waals surface area contributed by atoms with Gasteiger partial charge in [0.15, 0.2) is 0 Å².